The maximum absolute atomic E-state index is 7.96. The van der Waals surface area contributed by atoms with E-state index in [4.69, 9.17) is 10.5 Å². The van der Waals surface area contributed by atoms with Gasteiger partial charge in [0.25, 0.3) is 0 Å². The van der Waals surface area contributed by atoms with Crippen LogP contribution >= 0.6 is 0 Å². The highest BCUT2D eigenvalue weighted by Gasteiger charge is 1.67. The second-order valence-corrected chi connectivity index (χ2v) is 2.26. The quantitative estimate of drug-likeness (QED) is 0.619. The second-order valence-electron chi connectivity index (χ2n) is 2.26. The Morgan fingerprint density at radius 1 is 1.00 bits per heavy atom. The van der Waals surface area contributed by atoms with Gasteiger partial charge in [0.1, 0.15) is 0 Å². The van der Waals surface area contributed by atoms with Crippen LogP contribution in [0.15, 0.2) is 24.3 Å². The molecule has 2 heteroatoms. The van der Waals surface area contributed by atoms with Crippen LogP contribution in [0, 0.1) is 22.7 Å². The van der Waals surface area contributed by atoms with Gasteiger partial charge in [-0.25, -0.2) is 0 Å². The molecule has 0 N–H and O–H groups in total. The summed E-state index contributed by atoms with van der Waals surface area (Å²) in [5.74, 6) is 0. The Balaban J connectivity index is 0. The van der Waals surface area contributed by atoms with Crippen molar-refractivity contribution < 1.29 is 0 Å². The summed E-state index contributed by atoms with van der Waals surface area (Å²) in [4.78, 5) is 0. The van der Waals surface area contributed by atoms with Crippen molar-refractivity contribution in [1.29, 1.82) is 10.5 Å². The number of hydrogen-bond acceptors (Lipinski definition) is 2. The molecule has 0 bridgehead atoms. The zero-order chi connectivity index (χ0) is 10.4. The summed E-state index contributed by atoms with van der Waals surface area (Å²) in [7, 11) is 0. The van der Waals surface area contributed by atoms with E-state index in [1.54, 1.807) is 0 Å². The molecule has 13 heavy (non-hydrogen) atoms. The Morgan fingerprint density at radius 2 is 1.54 bits per heavy atom. The van der Waals surface area contributed by atoms with E-state index >= 15 is 0 Å². The Kier molecular flexibility index (Phi) is 18.1. The van der Waals surface area contributed by atoms with Gasteiger partial charge in [-0.15, -0.1) is 0 Å². The van der Waals surface area contributed by atoms with Gasteiger partial charge in [-0.2, -0.15) is 10.5 Å². The van der Waals surface area contributed by atoms with Gasteiger partial charge in [0.15, 0.2) is 0 Å². The summed E-state index contributed by atoms with van der Waals surface area (Å²) in [5, 5.41) is 15.8. The summed E-state index contributed by atoms with van der Waals surface area (Å²) in [5.41, 5.74) is 0. The van der Waals surface area contributed by atoms with E-state index in [9.17, 15) is 0 Å². The Hall–Kier alpha value is -1.54. The molecule has 2 nitrogen and oxygen atoms in total. The number of rotatable bonds is 3. The largest absolute Gasteiger partial charge is 0.193 e. The third kappa shape index (κ3) is 25.1. The molecule has 0 heterocycles. The number of allylic oxidation sites excluding steroid dienone is 4. The Labute approximate surface area is 80.8 Å². The fourth-order valence-electron chi connectivity index (χ4n) is 0.473. The molecule has 0 radical (unpaired) electrons. The van der Waals surface area contributed by atoms with Crippen molar-refractivity contribution in [3.05, 3.63) is 24.3 Å². The summed E-state index contributed by atoms with van der Waals surface area (Å²) in [6.07, 6.45) is 9.79. The van der Waals surface area contributed by atoms with E-state index in [0.717, 1.165) is 19.3 Å². The smallest absolute Gasteiger partial charge is 0.0908 e. The predicted octanol–water partition coefficient (Wildman–Crippen LogP) is 3.34. The number of nitriles is 2. The highest BCUT2D eigenvalue weighted by Crippen LogP contribution is 1.85. The molecule has 0 aliphatic heterocycles. The maximum atomic E-state index is 7.96. The van der Waals surface area contributed by atoms with Gasteiger partial charge in [-0.05, 0) is 12.8 Å². The SMILES string of the molecule is CCC=CC#N.CCCC=CC#N. The van der Waals surface area contributed by atoms with Gasteiger partial charge < -0.3 is 0 Å². The first kappa shape index (κ1) is 14.0. The minimum atomic E-state index is 0.952. The Bertz CT molecular complexity index is 213. The highest BCUT2D eigenvalue weighted by atomic mass is 14.2. The van der Waals surface area contributed by atoms with Crippen LogP contribution in [0.5, 0.6) is 0 Å². The first-order chi connectivity index (χ1) is 6.33. The molecule has 0 saturated carbocycles. The molecule has 0 spiro atoms. The van der Waals surface area contributed by atoms with Gasteiger partial charge in [0.2, 0.25) is 0 Å². The standard InChI is InChI=1S/C6H9N.C5H7N/c1-2-3-4-5-6-7;1-2-3-4-5-6/h4-5H,2-3H2,1H3;3-4H,2H2,1H3. The molecule has 70 valence electrons. The lowest BCUT2D eigenvalue weighted by molar-refractivity contribution is 0.959. The minimum Gasteiger partial charge on any atom is -0.193 e. The van der Waals surface area contributed by atoms with Crippen molar-refractivity contribution in [2.75, 3.05) is 0 Å². The van der Waals surface area contributed by atoms with E-state index in [0.29, 0.717) is 0 Å². The average molecular weight is 176 g/mol. The van der Waals surface area contributed by atoms with Crippen LogP contribution in [0.2, 0.25) is 0 Å². The first-order valence-corrected chi connectivity index (χ1v) is 4.42. The molecule has 0 atom stereocenters. The molecular formula is C11H16N2. The van der Waals surface area contributed by atoms with Crippen molar-refractivity contribution in [2.45, 2.75) is 33.1 Å². The van der Waals surface area contributed by atoms with Crippen LogP contribution in [-0.4, -0.2) is 0 Å². The average Bonchev–Trinajstić information content (AvgIpc) is 2.17. The molecule has 0 aromatic rings. The van der Waals surface area contributed by atoms with Gasteiger partial charge in [0.05, 0.1) is 12.1 Å². The molecule has 0 amide bonds. The van der Waals surface area contributed by atoms with E-state index in [1.165, 1.54) is 12.2 Å². The third-order valence-corrected chi connectivity index (χ3v) is 1.08. The summed E-state index contributed by atoms with van der Waals surface area (Å²) < 4.78 is 0. The molecule has 0 aromatic heterocycles. The van der Waals surface area contributed by atoms with Gasteiger partial charge in [-0.1, -0.05) is 32.4 Å². The zero-order valence-corrected chi connectivity index (χ0v) is 8.33. The fraction of sp³-hybridized carbons (Fsp3) is 0.455. The van der Waals surface area contributed by atoms with Crippen LogP contribution in [-0.2, 0) is 0 Å². The first-order valence-electron chi connectivity index (χ1n) is 4.42. The van der Waals surface area contributed by atoms with Crippen molar-refractivity contribution in [1.82, 2.24) is 0 Å². The molecular weight excluding hydrogens is 160 g/mol. The van der Waals surface area contributed by atoms with Crippen molar-refractivity contribution in [3.63, 3.8) is 0 Å². The van der Waals surface area contributed by atoms with Crippen LogP contribution in [0.25, 0.3) is 0 Å². The van der Waals surface area contributed by atoms with E-state index in [2.05, 4.69) is 6.92 Å². The van der Waals surface area contributed by atoms with Gasteiger partial charge in [0, 0.05) is 12.2 Å². The van der Waals surface area contributed by atoms with Crippen molar-refractivity contribution >= 4 is 0 Å². The number of hydrogen-bond donors (Lipinski definition) is 0. The van der Waals surface area contributed by atoms with E-state index in [1.807, 2.05) is 31.2 Å². The van der Waals surface area contributed by atoms with E-state index < -0.39 is 0 Å². The van der Waals surface area contributed by atoms with E-state index in [-0.39, 0.29) is 0 Å². The van der Waals surface area contributed by atoms with Gasteiger partial charge >= 0.3 is 0 Å². The number of nitrogens with zero attached hydrogens (tertiary/aromatic N) is 2. The van der Waals surface area contributed by atoms with Crippen molar-refractivity contribution in [3.8, 4) is 12.1 Å². The highest BCUT2D eigenvalue weighted by molar-refractivity contribution is 5.01. The normalized spacial score (nSPS) is 8.92. The summed E-state index contributed by atoms with van der Waals surface area (Å²) >= 11 is 0. The van der Waals surface area contributed by atoms with Crippen LogP contribution in [0.4, 0.5) is 0 Å². The fourth-order valence-corrected chi connectivity index (χ4v) is 0.473. The predicted molar refractivity (Wildman–Crippen MR) is 54.7 cm³/mol. The van der Waals surface area contributed by atoms with Crippen LogP contribution < -0.4 is 0 Å². The molecule has 0 rings (SSSR count). The summed E-state index contributed by atoms with van der Waals surface area (Å²) in [6.45, 7) is 4.08. The molecule has 0 aliphatic rings. The molecule has 0 fully saturated rings. The lowest BCUT2D eigenvalue weighted by atomic mass is 10.3. The Morgan fingerprint density at radius 3 is 1.85 bits per heavy atom. The zero-order valence-electron chi connectivity index (χ0n) is 8.33. The molecule has 0 unspecified atom stereocenters. The topological polar surface area (TPSA) is 47.6 Å². The third-order valence-electron chi connectivity index (χ3n) is 1.08. The summed E-state index contributed by atoms with van der Waals surface area (Å²) in [6, 6.07) is 3.81. The molecule has 0 aliphatic carbocycles. The van der Waals surface area contributed by atoms with Crippen molar-refractivity contribution in [2.24, 2.45) is 0 Å². The lowest BCUT2D eigenvalue weighted by Gasteiger charge is -1.75. The molecule has 0 saturated heterocycles. The van der Waals surface area contributed by atoms with Crippen LogP contribution in [0.3, 0.4) is 0 Å². The van der Waals surface area contributed by atoms with Gasteiger partial charge in [-0.3, -0.25) is 0 Å². The lowest BCUT2D eigenvalue weighted by Crippen LogP contribution is -1.57. The number of unbranched alkanes of at least 4 members (excludes halogenated alkanes) is 1. The minimum absolute atomic E-state index is 0.952. The monoisotopic (exact) mass is 176 g/mol. The maximum Gasteiger partial charge on any atom is 0.0908 e. The van der Waals surface area contributed by atoms with Crippen LogP contribution in [0.1, 0.15) is 33.1 Å². The second kappa shape index (κ2) is 16.8. The molecule has 0 aromatic carbocycles.